The van der Waals surface area contributed by atoms with E-state index in [1.807, 2.05) is 0 Å². The Morgan fingerprint density at radius 2 is 2.03 bits per heavy atom. The highest BCUT2D eigenvalue weighted by atomic mass is 32.2. The molecule has 148 valence electrons. The molecule has 3 rings (SSSR count). The largest absolute Gasteiger partial charge is 0.500 e. The van der Waals surface area contributed by atoms with Crippen LogP contribution in [0.3, 0.4) is 0 Å². The Balaban J connectivity index is 1.87. The van der Waals surface area contributed by atoms with Crippen LogP contribution in [-0.2, 0) is 4.79 Å². The summed E-state index contributed by atoms with van der Waals surface area (Å²) in [5.74, 6) is -1.82. The summed E-state index contributed by atoms with van der Waals surface area (Å²) in [5.41, 5.74) is 2.48. The third kappa shape index (κ3) is 4.20. The summed E-state index contributed by atoms with van der Waals surface area (Å²) in [4.78, 5) is 35.4. The molecule has 11 heteroatoms. The van der Waals surface area contributed by atoms with Crippen LogP contribution in [0.4, 0.5) is 5.69 Å². The molecule has 0 saturated carbocycles. The number of benzene rings is 2. The summed E-state index contributed by atoms with van der Waals surface area (Å²) in [5, 5.41) is 21.9. The zero-order valence-electron chi connectivity index (χ0n) is 14.8. The van der Waals surface area contributed by atoms with E-state index in [1.54, 1.807) is 30.3 Å². The van der Waals surface area contributed by atoms with E-state index in [9.17, 15) is 24.8 Å². The number of carbonyl (C=O) groups is 2. The summed E-state index contributed by atoms with van der Waals surface area (Å²) in [6, 6.07) is 10.7. The van der Waals surface area contributed by atoms with E-state index in [-0.39, 0.29) is 20.5 Å². The molecule has 0 spiro atoms. The summed E-state index contributed by atoms with van der Waals surface area (Å²) in [6.07, 6.45) is 1.36. The first kappa shape index (κ1) is 20.3. The molecule has 1 saturated heterocycles. The molecule has 1 fully saturated rings. The first-order chi connectivity index (χ1) is 13.8. The van der Waals surface area contributed by atoms with Gasteiger partial charge in [0.1, 0.15) is 0 Å². The van der Waals surface area contributed by atoms with Gasteiger partial charge in [-0.15, -0.1) is 0 Å². The maximum atomic E-state index is 12.6. The van der Waals surface area contributed by atoms with Gasteiger partial charge in [0.25, 0.3) is 11.8 Å². The van der Waals surface area contributed by atoms with Gasteiger partial charge in [0.15, 0.2) is 10.1 Å². The standard InChI is InChI=1S/C18H13N3O6S2/c1-27-13-8-10(7-12(15(13)22)21(25)26)9-14-17(24)20(18(28)29-14)19-16(23)11-5-3-2-4-6-11/h2-9,22H,1H3,(H,19,23)/b14-9+. The lowest BCUT2D eigenvalue weighted by Crippen LogP contribution is -2.44. The number of thiocarbonyl (C=S) groups is 1. The number of aromatic hydroxyl groups is 1. The third-order valence-electron chi connectivity index (χ3n) is 3.83. The Hall–Kier alpha value is -3.44. The molecule has 0 bridgehead atoms. The van der Waals surface area contributed by atoms with Crippen molar-refractivity contribution < 1.29 is 24.4 Å². The van der Waals surface area contributed by atoms with Gasteiger partial charge in [-0.25, -0.2) is 0 Å². The van der Waals surface area contributed by atoms with Crippen molar-refractivity contribution in [1.82, 2.24) is 10.4 Å². The number of rotatable bonds is 5. The van der Waals surface area contributed by atoms with Crippen LogP contribution in [0.2, 0.25) is 0 Å². The lowest BCUT2D eigenvalue weighted by molar-refractivity contribution is -0.386. The maximum Gasteiger partial charge on any atom is 0.315 e. The predicted octanol–water partition coefficient (Wildman–Crippen LogP) is 2.86. The second kappa shape index (κ2) is 8.29. The second-order valence-corrected chi connectivity index (χ2v) is 7.35. The van der Waals surface area contributed by atoms with E-state index >= 15 is 0 Å². The molecular weight excluding hydrogens is 418 g/mol. The molecule has 2 aromatic rings. The Morgan fingerprint density at radius 3 is 2.66 bits per heavy atom. The number of phenolic OH excluding ortho intramolecular Hbond substituents is 1. The number of hydrogen-bond acceptors (Lipinski definition) is 8. The molecule has 0 aliphatic carbocycles. The van der Waals surface area contributed by atoms with Gasteiger partial charge >= 0.3 is 5.69 Å². The molecule has 2 amide bonds. The fourth-order valence-corrected chi connectivity index (χ4v) is 3.64. The van der Waals surface area contributed by atoms with E-state index in [1.165, 1.54) is 19.3 Å². The highest BCUT2D eigenvalue weighted by Crippen LogP contribution is 2.39. The van der Waals surface area contributed by atoms with Crippen LogP contribution >= 0.6 is 24.0 Å². The Morgan fingerprint density at radius 1 is 1.34 bits per heavy atom. The van der Waals surface area contributed by atoms with Gasteiger partial charge in [-0.2, -0.15) is 5.01 Å². The van der Waals surface area contributed by atoms with Crippen molar-refractivity contribution in [3.8, 4) is 11.5 Å². The number of phenols is 1. The summed E-state index contributed by atoms with van der Waals surface area (Å²) < 4.78 is 5.05. The third-order valence-corrected chi connectivity index (χ3v) is 5.14. The Kier molecular flexibility index (Phi) is 5.80. The first-order valence-electron chi connectivity index (χ1n) is 8.01. The van der Waals surface area contributed by atoms with Gasteiger partial charge in [0.2, 0.25) is 5.75 Å². The van der Waals surface area contributed by atoms with Crippen LogP contribution in [0.1, 0.15) is 15.9 Å². The van der Waals surface area contributed by atoms with Crippen LogP contribution in [0, 0.1) is 10.1 Å². The van der Waals surface area contributed by atoms with Gasteiger partial charge in [-0.05, 0) is 42.1 Å². The van der Waals surface area contributed by atoms with Crippen LogP contribution in [0.15, 0.2) is 47.4 Å². The van der Waals surface area contributed by atoms with Gasteiger partial charge in [0.05, 0.1) is 16.9 Å². The molecule has 0 aromatic heterocycles. The molecule has 0 radical (unpaired) electrons. The quantitative estimate of drug-likeness (QED) is 0.321. The van der Waals surface area contributed by atoms with Crippen molar-refractivity contribution >= 4 is 51.9 Å². The molecule has 0 atom stereocenters. The zero-order valence-corrected chi connectivity index (χ0v) is 16.5. The first-order valence-corrected chi connectivity index (χ1v) is 9.23. The van der Waals surface area contributed by atoms with E-state index < -0.39 is 28.2 Å². The molecule has 0 unspecified atom stereocenters. The minimum atomic E-state index is -0.763. The van der Waals surface area contributed by atoms with E-state index in [2.05, 4.69) is 5.43 Å². The summed E-state index contributed by atoms with van der Waals surface area (Å²) >= 11 is 6.08. The average molecular weight is 431 g/mol. The van der Waals surface area contributed by atoms with E-state index in [0.29, 0.717) is 5.56 Å². The zero-order chi connectivity index (χ0) is 21.1. The highest BCUT2D eigenvalue weighted by molar-refractivity contribution is 8.26. The minimum absolute atomic E-state index is 0.103. The van der Waals surface area contributed by atoms with Crippen LogP contribution in [0.5, 0.6) is 11.5 Å². The molecule has 9 nitrogen and oxygen atoms in total. The number of hydrogen-bond donors (Lipinski definition) is 2. The SMILES string of the molecule is COc1cc(/C=C2/SC(=S)N(NC(=O)c3ccccc3)C2=O)cc([N+](=O)[O-])c1O. The number of amides is 2. The van der Waals surface area contributed by atoms with Crippen molar-refractivity contribution in [3.63, 3.8) is 0 Å². The average Bonchev–Trinajstić information content (AvgIpc) is 2.96. The van der Waals surface area contributed by atoms with Crippen LogP contribution < -0.4 is 10.2 Å². The van der Waals surface area contributed by atoms with Gasteiger partial charge < -0.3 is 9.84 Å². The van der Waals surface area contributed by atoms with Gasteiger partial charge in [0, 0.05) is 11.6 Å². The van der Waals surface area contributed by atoms with E-state index in [4.69, 9.17) is 17.0 Å². The number of methoxy groups -OCH3 is 1. The molecular formula is C18H13N3O6S2. The molecule has 29 heavy (non-hydrogen) atoms. The van der Waals surface area contributed by atoms with Crippen LogP contribution in [0.25, 0.3) is 6.08 Å². The van der Waals surface area contributed by atoms with Crippen molar-refractivity contribution in [2.75, 3.05) is 7.11 Å². The number of hydrazine groups is 1. The second-order valence-electron chi connectivity index (χ2n) is 5.67. The smallest absolute Gasteiger partial charge is 0.315 e. The Bertz CT molecular complexity index is 1060. The fraction of sp³-hybridized carbons (Fsp3) is 0.0556. The fourth-order valence-electron chi connectivity index (χ4n) is 2.46. The molecule has 2 N–H and O–H groups in total. The molecule has 1 heterocycles. The van der Waals surface area contributed by atoms with Crippen molar-refractivity contribution in [2.24, 2.45) is 0 Å². The molecule has 1 aliphatic heterocycles. The predicted molar refractivity (Wildman–Crippen MR) is 110 cm³/mol. The number of carbonyl (C=O) groups excluding carboxylic acids is 2. The number of nitrogens with zero attached hydrogens (tertiary/aromatic N) is 2. The lowest BCUT2D eigenvalue weighted by atomic mass is 10.1. The number of thioether (sulfide) groups is 1. The summed E-state index contributed by atoms with van der Waals surface area (Å²) in [6.45, 7) is 0. The molecule has 1 aliphatic rings. The number of nitro benzene ring substituents is 1. The lowest BCUT2D eigenvalue weighted by Gasteiger charge is -2.15. The minimum Gasteiger partial charge on any atom is -0.500 e. The monoisotopic (exact) mass is 431 g/mol. The number of nitro groups is 1. The Labute approximate surface area is 174 Å². The van der Waals surface area contributed by atoms with E-state index in [0.717, 1.165) is 22.8 Å². The number of nitrogens with one attached hydrogen (secondary N) is 1. The van der Waals surface area contributed by atoms with Gasteiger partial charge in [-0.3, -0.25) is 25.1 Å². The van der Waals surface area contributed by atoms with Crippen molar-refractivity contribution in [3.05, 3.63) is 68.6 Å². The van der Waals surface area contributed by atoms with Crippen molar-refractivity contribution in [2.45, 2.75) is 0 Å². The van der Waals surface area contributed by atoms with Crippen molar-refractivity contribution in [1.29, 1.82) is 0 Å². The van der Waals surface area contributed by atoms with Gasteiger partial charge in [-0.1, -0.05) is 30.0 Å². The summed E-state index contributed by atoms with van der Waals surface area (Å²) in [7, 11) is 1.25. The topological polar surface area (TPSA) is 122 Å². The highest BCUT2D eigenvalue weighted by Gasteiger charge is 2.34. The maximum absolute atomic E-state index is 12.6. The normalized spacial score (nSPS) is 14.9. The number of ether oxygens (including phenoxy) is 1. The molecule has 2 aromatic carbocycles. The van der Waals surface area contributed by atoms with Crippen LogP contribution in [-0.4, -0.2) is 38.3 Å².